The molecule has 0 radical (unpaired) electrons. The zero-order valence-electron chi connectivity index (χ0n) is 4.26. The van der Waals surface area contributed by atoms with Crippen LogP contribution in [0.15, 0.2) is 0 Å². The van der Waals surface area contributed by atoms with Gasteiger partial charge in [0.1, 0.15) is 6.04 Å². The van der Waals surface area contributed by atoms with Gasteiger partial charge in [-0.1, -0.05) is 0 Å². The van der Waals surface area contributed by atoms with E-state index < -0.39 is 12.0 Å². The lowest BCUT2D eigenvalue weighted by Gasteiger charge is -1.97. The Morgan fingerprint density at radius 2 is 2.62 bits per heavy atom. The van der Waals surface area contributed by atoms with Crippen LogP contribution >= 0.6 is 0 Å². The zero-order chi connectivity index (χ0) is 5.98. The Bertz CT molecular complexity index is 97.5. The number of hydrogen-bond donors (Lipinski definition) is 2. The third-order valence-corrected chi connectivity index (χ3v) is 1.03. The van der Waals surface area contributed by atoms with Crippen molar-refractivity contribution in [3.8, 4) is 0 Å². The van der Waals surface area contributed by atoms with Gasteiger partial charge in [0.05, 0.1) is 6.61 Å². The summed E-state index contributed by atoms with van der Waals surface area (Å²) in [5, 5.41) is 8.27. The summed E-state index contributed by atoms with van der Waals surface area (Å²) in [6, 6.07) is -0.491. The predicted octanol–water partition coefficient (Wildman–Crippen LogP) is -0.635. The van der Waals surface area contributed by atoms with Gasteiger partial charge < -0.3 is 9.94 Å². The molecule has 1 aliphatic heterocycles. The molecule has 0 saturated carbocycles. The molecule has 1 aliphatic rings. The third-order valence-electron chi connectivity index (χ3n) is 1.03. The molecule has 1 rings (SSSR count). The number of carboxylic acids is 1. The second-order valence-corrected chi connectivity index (χ2v) is 1.65. The first kappa shape index (κ1) is 5.53. The number of hydroxylamine groups is 1. The topological polar surface area (TPSA) is 58.6 Å². The molecular formula is C4H7NO3. The van der Waals surface area contributed by atoms with Gasteiger partial charge in [0, 0.05) is 6.42 Å². The molecule has 46 valence electrons. The summed E-state index contributed by atoms with van der Waals surface area (Å²) >= 11 is 0. The van der Waals surface area contributed by atoms with Crippen LogP contribution in [0.25, 0.3) is 0 Å². The highest BCUT2D eigenvalue weighted by Gasteiger charge is 2.21. The molecule has 4 nitrogen and oxygen atoms in total. The molecule has 2 N–H and O–H groups in total. The third kappa shape index (κ3) is 0.962. The molecule has 0 spiro atoms. The van der Waals surface area contributed by atoms with Crippen LogP contribution in [0, 0.1) is 0 Å². The normalized spacial score (nSPS) is 28.2. The van der Waals surface area contributed by atoms with Gasteiger partial charge in [0.25, 0.3) is 0 Å². The minimum Gasteiger partial charge on any atom is -0.480 e. The highest BCUT2D eigenvalue weighted by atomic mass is 16.7. The fourth-order valence-electron chi connectivity index (χ4n) is 0.569. The maximum atomic E-state index is 10.1. The fraction of sp³-hybridized carbons (Fsp3) is 0.750. The quantitative estimate of drug-likeness (QED) is 0.480. The molecule has 1 atom stereocenters. The molecule has 4 heteroatoms. The lowest BCUT2D eigenvalue weighted by molar-refractivity contribution is -0.140. The van der Waals surface area contributed by atoms with Crippen LogP contribution < -0.4 is 5.48 Å². The van der Waals surface area contributed by atoms with Crippen LogP contribution in [0.5, 0.6) is 0 Å². The highest BCUT2D eigenvalue weighted by Crippen LogP contribution is 1.99. The standard InChI is InChI=1S/C4H7NO3/c6-4(7)3-1-2-8-5-3/h3,5H,1-2H2,(H,6,7). The van der Waals surface area contributed by atoms with E-state index >= 15 is 0 Å². The summed E-state index contributed by atoms with van der Waals surface area (Å²) in [5.41, 5.74) is 2.36. The molecule has 1 saturated heterocycles. The van der Waals surface area contributed by atoms with E-state index in [-0.39, 0.29) is 0 Å². The van der Waals surface area contributed by atoms with Crippen LogP contribution in [0.2, 0.25) is 0 Å². The van der Waals surface area contributed by atoms with E-state index in [2.05, 4.69) is 10.3 Å². The summed E-state index contributed by atoms with van der Waals surface area (Å²) in [4.78, 5) is 14.6. The summed E-state index contributed by atoms with van der Waals surface area (Å²) in [6.07, 6.45) is 0.565. The van der Waals surface area contributed by atoms with Crippen molar-refractivity contribution in [2.45, 2.75) is 12.5 Å². The molecule has 1 fully saturated rings. The van der Waals surface area contributed by atoms with Gasteiger partial charge >= 0.3 is 5.97 Å². The number of carboxylic acid groups (broad SMARTS) is 1. The first-order valence-electron chi connectivity index (χ1n) is 2.41. The molecule has 0 aromatic heterocycles. The van der Waals surface area contributed by atoms with Crippen LogP contribution in [0.3, 0.4) is 0 Å². The molecule has 1 heterocycles. The van der Waals surface area contributed by atoms with Gasteiger partial charge in [-0.15, -0.1) is 0 Å². The highest BCUT2D eigenvalue weighted by molar-refractivity contribution is 5.73. The van der Waals surface area contributed by atoms with Crippen molar-refractivity contribution in [3.63, 3.8) is 0 Å². The number of hydrogen-bond acceptors (Lipinski definition) is 3. The van der Waals surface area contributed by atoms with Gasteiger partial charge in [0.15, 0.2) is 0 Å². The number of nitrogens with one attached hydrogen (secondary N) is 1. The lowest BCUT2D eigenvalue weighted by atomic mass is 10.2. The Morgan fingerprint density at radius 3 is 2.88 bits per heavy atom. The number of carbonyl (C=O) groups is 1. The second kappa shape index (κ2) is 2.11. The minimum absolute atomic E-state index is 0.491. The van der Waals surface area contributed by atoms with Gasteiger partial charge in [-0.25, -0.2) is 0 Å². The van der Waals surface area contributed by atoms with Crippen molar-refractivity contribution in [2.24, 2.45) is 0 Å². The molecule has 0 aliphatic carbocycles. The van der Waals surface area contributed by atoms with Crippen LogP contribution in [0.1, 0.15) is 6.42 Å². The van der Waals surface area contributed by atoms with E-state index in [9.17, 15) is 4.79 Å². The SMILES string of the molecule is O=C(O)C1CCON1. The van der Waals surface area contributed by atoms with Crippen molar-refractivity contribution < 1.29 is 14.7 Å². The van der Waals surface area contributed by atoms with Crippen molar-refractivity contribution >= 4 is 5.97 Å². The van der Waals surface area contributed by atoms with E-state index in [4.69, 9.17) is 5.11 Å². The average Bonchev–Trinajstić information content (AvgIpc) is 2.12. The van der Waals surface area contributed by atoms with Crippen LogP contribution in [-0.4, -0.2) is 23.7 Å². The fourth-order valence-corrected chi connectivity index (χ4v) is 0.569. The molecule has 0 bridgehead atoms. The monoisotopic (exact) mass is 117 g/mol. The molecule has 1 unspecified atom stereocenters. The molecule has 0 amide bonds. The maximum Gasteiger partial charge on any atom is 0.323 e. The smallest absolute Gasteiger partial charge is 0.323 e. The van der Waals surface area contributed by atoms with Gasteiger partial charge in [-0.05, 0) is 0 Å². The molecule has 0 aromatic carbocycles. The Kier molecular flexibility index (Phi) is 1.45. The molecule has 8 heavy (non-hydrogen) atoms. The summed E-state index contributed by atoms with van der Waals surface area (Å²) < 4.78 is 0. The average molecular weight is 117 g/mol. The summed E-state index contributed by atoms with van der Waals surface area (Å²) in [6.45, 7) is 0.497. The van der Waals surface area contributed by atoms with Crippen LogP contribution in [-0.2, 0) is 9.63 Å². The minimum atomic E-state index is -0.845. The Balaban J connectivity index is 2.35. The van der Waals surface area contributed by atoms with Crippen molar-refractivity contribution in [1.82, 2.24) is 5.48 Å². The van der Waals surface area contributed by atoms with Crippen LogP contribution in [0.4, 0.5) is 0 Å². The van der Waals surface area contributed by atoms with Crippen molar-refractivity contribution in [1.29, 1.82) is 0 Å². The van der Waals surface area contributed by atoms with Gasteiger partial charge in [-0.3, -0.25) is 4.79 Å². The first-order chi connectivity index (χ1) is 3.80. The van der Waals surface area contributed by atoms with Crippen molar-refractivity contribution in [3.05, 3.63) is 0 Å². The van der Waals surface area contributed by atoms with E-state index in [1.165, 1.54) is 0 Å². The van der Waals surface area contributed by atoms with E-state index in [1.54, 1.807) is 0 Å². The largest absolute Gasteiger partial charge is 0.480 e. The number of aliphatic carboxylic acids is 1. The first-order valence-corrected chi connectivity index (χ1v) is 2.41. The predicted molar refractivity (Wildman–Crippen MR) is 25.1 cm³/mol. The van der Waals surface area contributed by atoms with E-state index in [0.717, 1.165) is 0 Å². The Hall–Kier alpha value is -0.610. The summed E-state index contributed by atoms with van der Waals surface area (Å²) in [5.74, 6) is -0.845. The summed E-state index contributed by atoms with van der Waals surface area (Å²) in [7, 11) is 0. The Labute approximate surface area is 46.4 Å². The van der Waals surface area contributed by atoms with E-state index in [0.29, 0.717) is 13.0 Å². The lowest BCUT2D eigenvalue weighted by Crippen LogP contribution is -2.29. The maximum absolute atomic E-state index is 10.1. The van der Waals surface area contributed by atoms with Gasteiger partial charge in [0.2, 0.25) is 0 Å². The zero-order valence-corrected chi connectivity index (χ0v) is 4.26. The molecule has 0 aromatic rings. The van der Waals surface area contributed by atoms with Gasteiger partial charge in [-0.2, -0.15) is 5.48 Å². The second-order valence-electron chi connectivity index (χ2n) is 1.65. The van der Waals surface area contributed by atoms with Crippen molar-refractivity contribution in [2.75, 3.05) is 6.61 Å². The molecular weight excluding hydrogens is 110 g/mol. The van der Waals surface area contributed by atoms with E-state index in [1.807, 2.05) is 0 Å². The Morgan fingerprint density at radius 1 is 1.88 bits per heavy atom. The number of rotatable bonds is 1.